The number of nitrogens with zero attached hydrogens (tertiary/aromatic N) is 1. The molecule has 0 aliphatic heterocycles. The molecule has 6 nitrogen and oxygen atoms in total. The van der Waals surface area contributed by atoms with E-state index in [0.29, 0.717) is 11.3 Å². The second-order valence-corrected chi connectivity index (χ2v) is 4.00. The second-order valence-electron chi connectivity index (χ2n) is 4.00. The highest BCUT2D eigenvalue weighted by Crippen LogP contribution is 2.21. The Morgan fingerprint density at radius 1 is 1.25 bits per heavy atom. The van der Waals surface area contributed by atoms with E-state index >= 15 is 0 Å². The first-order chi connectivity index (χ1) is 9.47. The van der Waals surface area contributed by atoms with Crippen molar-refractivity contribution < 1.29 is 14.1 Å². The fraction of sp³-hybridized carbons (Fsp3) is 0. The fourth-order valence-corrected chi connectivity index (χ4v) is 1.62. The number of nitrogens with two attached hydrogens (primary N) is 1. The number of halogens is 1. The van der Waals surface area contributed by atoms with Crippen LogP contribution in [0, 0.1) is 15.9 Å². The van der Waals surface area contributed by atoms with Gasteiger partial charge in [0.1, 0.15) is 0 Å². The molecule has 0 saturated carbocycles. The van der Waals surface area contributed by atoms with Gasteiger partial charge in [-0.05, 0) is 24.3 Å². The van der Waals surface area contributed by atoms with Gasteiger partial charge in [0.05, 0.1) is 4.92 Å². The first-order valence-corrected chi connectivity index (χ1v) is 5.58. The molecule has 3 N–H and O–H groups in total. The third kappa shape index (κ3) is 2.89. The number of amides is 1. The topological polar surface area (TPSA) is 98.3 Å². The van der Waals surface area contributed by atoms with E-state index in [9.17, 15) is 19.3 Å². The van der Waals surface area contributed by atoms with Gasteiger partial charge in [0.2, 0.25) is 5.82 Å². The minimum atomic E-state index is -1.01. The van der Waals surface area contributed by atoms with Crippen molar-refractivity contribution in [3.63, 3.8) is 0 Å². The third-order valence-corrected chi connectivity index (χ3v) is 2.55. The Balaban J connectivity index is 2.20. The summed E-state index contributed by atoms with van der Waals surface area (Å²) in [5.41, 5.74) is 5.76. The van der Waals surface area contributed by atoms with E-state index in [4.69, 9.17) is 5.73 Å². The smallest absolute Gasteiger partial charge is 0.304 e. The predicted molar refractivity (Wildman–Crippen MR) is 71.9 cm³/mol. The van der Waals surface area contributed by atoms with Gasteiger partial charge in [-0.25, -0.2) is 0 Å². The number of rotatable bonds is 3. The number of nitro benzene ring substituents is 1. The summed E-state index contributed by atoms with van der Waals surface area (Å²) in [6, 6.07) is 9.39. The van der Waals surface area contributed by atoms with E-state index in [1.54, 1.807) is 18.2 Å². The highest BCUT2D eigenvalue weighted by atomic mass is 19.1. The van der Waals surface area contributed by atoms with Crippen LogP contribution in [-0.4, -0.2) is 10.8 Å². The molecule has 2 rings (SSSR count). The van der Waals surface area contributed by atoms with Crippen molar-refractivity contribution in [2.45, 2.75) is 0 Å². The molecule has 1 amide bonds. The molecule has 0 aliphatic rings. The number of benzene rings is 2. The zero-order valence-electron chi connectivity index (χ0n) is 10.2. The van der Waals surface area contributed by atoms with Crippen molar-refractivity contribution in [2.24, 2.45) is 0 Å². The lowest BCUT2D eigenvalue weighted by atomic mass is 10.2. The first-order valence-electron chi connectivity index (χ1n) is 5.58. The van der Waals surface area contributed by atoms with E-state index in [2.05, 4.69) is 5.32 Å². The van der Waals surface area contributed by atoms with Crippen LogP contribution in [0.15, 0.2) is 42.5 Å². The van der Waals surface area contributed by atoms with Crippen molar-refractivity contribution >= 4 is 23.0 Å². The summed E-state index contributed by atoms with van der Waals surface area (Å²) in [6.45, 7) is 0. The summed E-state index contributed by atoms with van der Waals surface area (Å²) in [5.74, 6) is -1.49. The number of nitrogen functional groups attached to an aromatic ring is 1. The molecule has 2 aromatic rings. The largest absolute Gasteiger partial charge is 0.399 e. The van der Waals surface area contributed by atoms with Gasteiger partial charge in [-0.3, -0.25) is 14.9 Å². The van der Waals surface area contributed by atoms with Crippen molar-refractivity contribution in [1.82, 2.24) is 0 Å². The molecule has 0 aromatic heterocycles. The molecule has 0 unspecified atom stereocenters. The molecule has 7 heteroatoms. The van der Waals surface area contributed by atoms with E-state index in [0.717, 1.165) is 12.1 Å². The molecule has 0 saturated heterocycles. The van der Waals surface area contributed by atoms with Crippen LogP contribution in [-0.2, 0) is 0 Å². The highest BCUT2D eigenvalue weighted by molar-refractivity contribution is 6.04. The van der Waals surface area contributed by atoms with Crippen LogP contribution in [0.1, 0.15) is 10.4 Å². The molecule has 0 atom stereocenters. The van der Waals surface area contributed by atoms with E-state index in [1.807, 2.05) is 0 Å². The number of nitrogens with one attached hydrogen (secondary N) is 1. The lowest BCUT2D eigenvalue weighted by Crippen LogP contribution is -2.12. The minimum Gasteiger partial charge on any atom is -0.399 e. The monoisotopic (exact) mass is 275 g/mol. The Morgan fingerprint density at radius 2 is 2.00 bits per heavy atom. The molecule has 2 aromatic carbocycles. The van der Waals surface area contributed by atoms with Crippen molar-refractivity contribution in [1.29, 1.82) is 0 Å². The van der Waals surface area contributed by atoms with Gasteiger partial charge in [-0.15, -0.1) is 0 Å². The Hall–Kier alpha value is -2.96. The molecular formula is C13H10FN3O3. The Bertz CT molecular complexity index is 688. The van der Waals surface area contributed by atoms with Gasteiger partial charge in [0.15, 0.2) is 0 Å². The molecular weight excluding hydrogens is 265 g/mol. The van der Waals surface area contributed by atoms with Crippen LogP contribution in [0.5, 0.6) is 0 Å². The summed E-state index contributed by atoms with van der Waals surface area (Å²) in [7, 11) is 0. The van der Waals surface area contributed by atoms with Crippen LogP contribution in [0.3, 0.4) is 0 Å². The van der Waals surface area contributed by atoms with Gasteiger partial charge in [-0.1, -0.05) is 6.07 Å². The predicted octanol–water partition coefficient (Wildman–Crippen LogP) is 2.57. The van der Waals surface area contributed by atoms with E-state index in [-0.39, 0.29) is 5.69 Å². The van der Waals surface area contributed by atoms with Gasteiger partial charge in [0.25, 0.3) is 5.91 Å². The normalized spacial score (nSPS) is 10.1. The van der Waals surface area contributed by atoms with Gasteiger partial charge >= 0.3 is 5.69 Å². The zero-order valence-corrected chi connectivity index (χ0v) is 10.2. The standard InChI is InChI=1S/C13H10FN3O3/c14-11-7-10(4-5-12(11)17(19)20)16-13(18)8-2-1-3-9(15)6-8/h1-7H,15H2,(H,16,18). The van der Waals surface area contributed by atoms with E-state index < -0.39 is 22.3 Å². The lowest BCUT2D eigenvalue weighted by Gasteiger charge is -2.06. The van der Waals surface area contributed by atoms with Crippen molar-refractivity contribution in [2.75, 3.05) is 11.1 Å². The number of nitro groups is 1. The van der Waals surface area contributed by atoms with Crippen molar-refractivity contribution in [3.05, 3.63) is 64.0 Å². The highest BCUT2D eigenvalue weighted by Gasteiger charge is 2.15. The van der Waals surface area contributed by atoms with Crippen LogP contribution in [0.25, 0.3) is 0 Å². The van der Waals surface area contributed by atoms with Gasteiger partial charge in [0, 0.05) is 29.1 Å². The van der Waals surface area contributed by atoms with Crippen molar-refractivity contribution in [3.8, 4) is 0 Å². The maximum Gasteiger partial charge on any atom is 0.304 e. The minimum absolute atomic E-state index is 0.125. The second kappa shape index (κ2) is 5.35. The maximum absolute atomic E-state index is 13.4. The molecule has 0 radical (unpaired) electrons. The molecule has 102 valence electrons. The number of hydrogen-bond acceptors (Lipinski definition) is 4. The Labute approximate surface area is 113 Å². The molecule has 0 aliphatic carbocycles. The molecule has 0 heterocycles. The summed E-state index contributed by atoms with van der Waals surface area (Å²) < 4.78 is 13.4. The SMILES string of the molecule is Nc1cccc(C(=O)Nc2ccc([N+](=O)[O-])c(F)c2)c1. The van der Waals surface area contributed by atoms with Crippen LogP contribution < -0.4 is 11.1 Å². The fourth-order valence-electron chi connectivity index (χ4n) is 1.62. The average molecular weight is 275 g/mol. The van der Waals surface area contributed by atoms with Gasteiger partial charge in [-0.2, -0.15) is 4.39 Å². The summed E-state index contributed by atoms with van der Waals surface area (Å²) >= 11 is 0. The zero-order chi connectivity index (χ0) is 14.7. The Kier molecular flexibility index (Phi) is 3.60. The molecule has 0 fully saturated rings. The number of hydrogen-bond donors (Lipinski definition) is 2. The van der Waals surface area contributed by atoms with E-state index in [1.165, 1.54) is 12.1 Å². The average Bonchev–Trinajstić information content (AvgIpc) is 2.38. The third-order valence-electron chi connectivity index (χ3n) is 2.55. The number of carbonyl (C=O) groups is 1. The van der Waals surface area contributed by atoms with Crippen LogP contribution in [0.2, 0.25) is 0 Å². The molecule has 0 spiro atoms. The molecule has 0 bridgehead atoms. The lowest BCUT2D eigenvalue weighted by molar-refractivity contribution is -0.387. The number of carbonyl (C=O) groups excluding carboxylic acids is 1. The summed E-state index contributed by atoms with van der Waals surface area (Å²) in [6.07, 6.45) is 0. The summed E-state index contributed by atoms with van der Waals surface area (Å²) in [5, 5.41) is 12.9. The first kappa shape index (κ1) is 13.5. The summed E-state index contributed by atoms with van der Waals surface area (Å²) in [4.78, 5) is 21.5. The Morgan fingerprint density at radius 3 is 2.60 bits per heavy atom. The maximum atomic E-state index is 13.4. The van der Waals surface area contributed by atoms with Crippen LogP contribution in [0.4, 0.5) is 21.5 Å². The van der Waals surface area contributed by atoms with Gasteiger partial charge < -0.3 is 11.1 Å². The van der Waals surface area contributed by atoms with Crippen LogP contribution >= 0.6 is 0 Å². The quantitative estimate of drug-likeness (QED) is 0.511. The number of anilines is 2. The molecule has 20 heavy (non-hydrogen) atoms.